The van der Waals surface area contributed by atoms with E-state index in [1.807, 2.05) is 13.8 Å². The van der Waals surface area contributed by atoms with Gasteiger partial charge in [-0.3, -0.25) is 0 Å². The normalized spacial score (nSPS) is 18.3. The van der Waals surface area contributed by atoms with Crippen molar-refractivity contribution in [2.75, 3.05) is 5.32 Å². The van der Waals surface area contributed by atoms with Gasteiger partial charge in [-0.1, -0.05) is 0 Å². The summed E-state index contributed by atoms with van der Waals surface area (Å²) in [6.07, 6.45) is 5.94. The van der Waals surface area contributed by atoms with Gasteiger partial charge in [0.15, 0.2) is 0 Å². The van der Waals surface area contributed by atoms with Crippen LogP contribution in [-0.2, 0) is 0 Å². The Bertz CT molecular complexity index is 1270. The van der Waals surface area contributed by atoms with Gasteiger partial charge < -0.3 is 0 Å². The van der Waals surface area contributed by atoms with Gasteiger partial charge in [0.2, 0.25) is 0 Å². The third-order valence-corrected chi connectivity index (χ3v) is 9.04. The summed E-state index contributed by atoms with van der Waals surface area (Å²) in [5.41, 5.74) is -0.0935. The molecule has 0 bridgehead atoms. The van der Waals surface area contributed by atoms with Crippen molar-refractivity contribution in [3.63, 3.8) is 0 Å². The van der Waals surface area contributed by atoms with Crippen LogP contribution in [-0.4, -0.2) is 34.0 Å². The maximum atomic E-state index is 14.8. The molecular formula is C25H24F5IN5O-. The standard InChI is InChI=1S/C25H24F5IN5O/c1-13(2)23-32-10-14(11-33-23)24(37)36-22-20(16-5-3-4-6-19(16)31-25(28,29)30)34-12-35-21(22)17-9-15(26)7-8-18(17)27/h7-13,16,19H,3-6H2,1-2H3,(H,36,37)/q-1. The van der Waals surface area contributed by atoms with Crippen LogP contribution in [0.4, 0.5) is 27.6 Å². The first-order chi connectivity index (χ1) is 17.5. The topological polar surface area (TPSA) is 80.7 Å². The summed E-state index contributed by atoms with van der Waals surface area (Å²) in [7, 11) is 0. The third-order valence-electron chi connectivity index (χ3n) is 6.05. The molecule has 0 aliphatic heterocycles. The number of nitrogens with one attached hydrogen (secondary N) is 1. The monoisotopic (exact) mass is 632 g/mol. The molecule has 1 amide bonds. The molecule has 37 heavy (non-hydrogen) atoms. The first-order valence-electron chi connectivity index (χ1n) is 11.7. The Labute approximate surface area is 220 Å². The predicted octanol–water partition coefficient (Wildman–Crippen LogP) is 3.22. The summed E-state index contributed by atoms with van der Waals surface area (Å²) in [5.74, 6) is -2.24. The van der Waals surface area contributed by atoms with Gasteiger partial charge in [0.1, 0.15) is 0 Å². The molecule has 2 atom stereocenters. The number of carbonyl (C=O) groups excluding carboxylic acids is 1. The van der Waals surface area contributed by atoms with E-state index in [2.05, 4.69) is 25.3 Å². The second-order valence-electron chi connectivity index (χ2n) is 8.99. The quantitative estimate of drug-likeness (QED) is 0.257. The van der Waals surface area contributed by atoms with Crippen LogP contribution < -0.4 is 26.5 Å². The minimum absolute atomic E-state index is 0.0342. The van der Waals surface area contributed by atoms with E-state index in [1.54, 1.807) is 0 Å². The van der Waals surface area contributed by atoms with Gasteiger partial charge in [-0.15, -0.1) is 0 Å². The Morgan fingerprint density at radius 3 is 2.43 bits per heavy atom. The number of anilines is 1. The SMILES string of the molecule is CC(C)c1ncc(C(=O)Nc2c(-c3cc(F)ccc3F)ncnc2C2CCCCC2[I-]C(F)(F)F)cn1. The molecule has 0 saturated heterocycles. The summed E-state index contributed by atoms with van der Waals surface area (Å²) in [5, 5.41) is 2.67. The molecule has 1 N–H and O–H groups in total. The van der Waals surface area contributed by atoms with Crippen LogP contribution in [0.1, 0.15) is 73.2 Å². The van der Waals surface area contributed by atoms with Crippen molar-refractivity contribution in [2.45, 2.75) is 59.5 Å². The molecule has 198 valence electrons. The maximum absolute atomic E-state index is 14.8. The van der Waals surface area contributed by atoms with Crippen molar-refractivity contribution < 1.29 is 48.0 Å². The number of nitrogens with zero attached hydrogens (tertiary/aromatic N) is 4. The van der Waals surface area contributed by atoms with Gasteiger partial charge in [0, 0.05) is 0 Å². The van der Waals surface area contributed by atoms with E-state index in [0.717, 1.165) is 24.5 Å². The van der Waals surface area contributed by atoms with Crippen molar-refractivity contribution in [1.82, 2.24) is 19.9 Å². The first-order valence-corrected chi connectivity index (χ1v) is 14.0. The Morgan fingerprint density at radius 2 is 1.76 bits per heavy atom. The average Bonchev–Trinajstić information content (AvgIpc) is 2.85. The molecule has 1 fully saturated rings. The average molecular weight is 632 g/mol. The molecule has 4 rings (SSSR count). The number of hydrogen-bond acceptors (Lipinski definition) is 5. The van der Waals surface area contributed by atoms with Crippen molar-refractivity contribution in [1.29, 1.82) is 0 Å². The second kappa shape index (κ2) is 11.3. The van der Waals surface area contributed by atoms with Crippen LogP contribution in [0.2, 0.25) is 0 Å². The molecule has 1 aliphatic rings. The summed E-state index contributed by atoms with van der Waals surface area (Å²) in [4.78, 5) is 29.9. The number of rotatable bonds is 6. The van der Waals surface area contributed by atoms with Crippen LogP contribution in [0.3, 0.4) is 0 Å². The minimum atomic E-state index is -4.28. The number of benzene rings is 1. The van der Waals surface area contributed by atoms with E-state index in [4.69, 9.17) is 0 Å². The van der Waals surface area contributed by atoms with Crippen molar-refractivity contribution in [2.24, 2.45) is 0 Å². The van der Waals surface area contributed by atoms with Crippen molar-refractivity contribution in [3.8, 4) is 11.3 Å². The van der Waals surface area contributed by atoms with Crippen LogP contribution in [0.5, 0.6) is 0 Å². The van der Waals surface area contributed by atoms with Gasteiger partial charge in [0.05, 0.1) is 0 Å². The molecule has 12 heteroatoms. The Balaban J connectivity index is 1.81. The predicted molar refractivity (Wildman–Crippen MR) is 123 cm³/mol. The number of alkyl halides is 5. The van der Waals surface area contributed by atoms with Crippen LogP contribution in [0.25, 0.3) is 11.3 Å². The van der Waals surface area contributed by atoms with Crippen LogP contribution in [0.15, 0.2) is 36.9 Å². The Hall–Kier alpha value is -2.77. The Kier molecular flexibility index (Phi) is 8.34. The summed E-state index contributed by atoms with van der Waals surface area (Å²) >= 11 is -2.20. The van der Waals surface area contributed by atoms with Gasteiger partial charge >= 0.3 is 221 Å². The van der Waals surface area contributed by atoms with E-state index >= 15 is 0 Å². The molecule has 1 aromatic carbocycles. The van der Waals surface area contributed by atoms with Crippen LogP contribution in [0, 0.1) is 11.6 Å². The molecule has 0 spiro atoms. The van der Waals surface area contributed by atoms with E-state index in [9.17, 15) is 26.7 Å². The number of halogens is 6. The number of aromatic nitrogens is 4. The third kappa shape index (κ3) is 6.57. The van der Waals surface area contributed by atoms with Gasteiger partial charge in [0.25, 0.3) is 0 Å². The fraction of sp³-hybridized carbons (Fsp3) is 0.400. The summed E-state index contributed by atoms with van der Waals surface area (Å²) in [6, 6.07) is 2.80. The molecule has 6 nitrogen and oxygen atoms in total. The van der Waals surface area contributed by atoms with E-state index in [1.165, 1.54) is 12.4 Å². The van der Waals surface area contributed by atoms with Gasteiger partial charge in [-0.2, -0.15) is 0 Å². The molecule has 0 radical (unpaired) electrons. The van der Waals surface area contributed by atoms with Crippen molar-refractivity contribution in [3.05, 3.63) is 65.6 Å². The number of carbonyl (C=O) groups is 1. The van der Waals surface area contributed by atoms with Gasteiger partial charge in [-0.25, -0.2) is 0 Å². The zero-order valence-corrected chi connectivity index (χ0v) is 22.1. The van der Waals surface area contributed by atoms with Gasteiger partial charge in [-0.05, 0) is 0 Å². The van der Waals surface area contributed by atoms with E-state index < -0.39 is 52.8 Å². The van der Waals surface area contributed by atoms with Crippen LogP contribution >= 0.6 is 0 Å². The molecule has 3 aromatic rings. The fourth-order valence-corrected chi connectivity index (χ4v) is 7.10. The molecular weight excluding hydrogens is 608 g/mol. The number of hydrogen-bond donors (Lipinski definition) is 1. The molecule has 2 aromatic heterocycles. The van der Waals surface area contributed by atoms with Crippen molar-refractivity contribution >= 4 is 11.6 Å². The molecule has 1 aliphatic carbocycles. The summed E-state index contributed by atoms with van der Waals surface area (Å²) in [6.45, 7) is 3.79. The zero-order chi connectivity index (χ0) is 26.7. The second-order valence-corrected chi connectivity index (χ2v) is 12.4. The molecule has 2 unspecified atom stereocenters. The first kappa shape index (κ1) is 27.3. The zero-order valence-electron chi connectivity index (χ0n) is 20.0. The molecule has 2 heterocycles. The number of amides is 1. The summed E-state index contributed by atoms with van der Waals surface area (Å²) < 4.78 is 64.2. The Morgan fingerprint density at radius 1 is 1.05 bits per heavy atom. The van der Waals surface area contributed by atoms with E-state index in [0.29, 0.717) is 31.5 Å². The molecule has 1 saturated carbocycles. The fourth-order valence-electron chi connectivity index (χ4n) is 4.31. The van der Waals surface area contributed by atoms with E-state index in [-0.39, 0.29) is 34.1 Å².